The largest absolute Gasteiger partial charge is 0.359 e. The topological polar surface area (TPSA) is 95.5 Å². The molecule has 8 nitrogen and oxygen atoms in total. The number of hydrogen-bond acceptors (Lipinski definition) is 6. The predicted molar refractivity (Wildman–Crippen MR) is 86.0 cm³/mol. The summed E-state index contributed by atoms with van der Waals surface area (Å²) in [7, 11) is -1.76. The molecule has 0 aliphatic carbocycles. The van der Waals surface area contributed by atoms with Crippen molar-refractivity contribution in [2.75, 3.05) is 39.5 Å². The van der Waals surface area contributed by atoms with E-state index in [0.29, 0.717) is 32.0 Å². The maximum absolute atomic E-state index is 12.1. The van der Waals surface area contributed by atoms with Gasteiger partial charge in [-0.15, -0.1) is 0 Å². The van der Waals surface area contributed by atoms with Crippen LogP contribution in [0.25, 0.3) is 0 Å². The molecule has 128 valence electrons. The molecule has 2 rings (SSSR count). The summed E-state index contributed by atoms with van der Waals surface area (Å²) >= 11 is 0. The van der Waals surface area contributed by atoms with Crippen LogP contribution >= 0.6 is 0 Å². The maximum atomic E-state index is 12.1. The van der Waals surface area contributed by atoms with Gasteiger partial charge in [0.1, 0.15) is 5.82 Å². The number of nitrogens with one attached hydrogen (secondary N) is 1. The van der Waals surface area contributed by atoms with E-state index in [9.17, 15) is 13.2 Å². The van der Waals surface area contributed by atoms with Crippen molar-refractivity contribution in [1.29, 1.82) is 0 Å². The van der Waals surface area contributed by atoms with Crippen LogP contribution in [0.4, 0.5) is 0 Å². The van der Waals surface area contributed by atoms with Crippen LogP contribution in [-0.2, 0) is 21.4 Å². The van der Waals surface area contributed by atoms with Crippen molar-refractivity contribution < 1.29 is 13.2 Å². The molecule has 23 heavy (non-hydrogen) atoms. The van der Waals surface area contributed by atoms with Crippen LogP contribution in [0.15, 0.2) is 12.4 Å². The highest BCUT2D eigenvalue weighted by Gasteiger charge is 2.31. The third kappa shape index (κ3) is 4.95. The second-order valence-corrected chi connectivity index (χ2v) is 7.79. The molecule has 0 aromatic carbocycles. The number of aromatic nitrogens is 2. The Balaban J connectivity index is 2.14. The third-order valence-electron chi connectivity index (χ3n) is 3.90. The number of rotatable bonds is 4. The van der Waals surface area contributed by atoms with E-state index in [1.807, 2.05) is 6.92 Å². The molecule has 0 saturated carbocycles. The van der Waals surface area contributed by atoms with Gasteiger partial charge >= 0.3 is 0 Å². The van der Waals surface area contributed by atoms with Gasteiger partial charge in [-0.05, 0) is 6.92 Å². The summed E-state index contributed by atoms with van der Waals surface area (Å²) in [5, 5.41) is 2.61. The fourth-order valence-corrected chi connectivity index (χ4v) is 3.49. The predicted octanol–water partition coefficient (Wildman–Crippen LogP) is -0.776. The zero-order chi connectivity index (χ0) is 17.0. The first-order valence-corrected chi connectivity index (χ1v) is 9.31. The van der Waals surface area contributed by atoms with Crippen LogP contribution in [0.1, 0.15) is 11.4 Å². The molecule has 1 aromatic rings. The quantitative estimate of drug-likeness (QED) is 0.772. The molecule has 2 heterocycles. The van der Waals surface area contributed by atoms with Crippen molar-refractivity contribution in [2.45, 2.75) is 13.5 Å². The number of amides is 1. The Kier molecular flexibility index (Phi) is 5.66. The van der Waals surface area contributed by atoms with Crippen LogP contribution in [0.2, 0.25) is 0 Å². The van der Waals surface area contributed by atoms with Crippen molar-refractivity contribution in [3.05, 3.63) is 23.8 Å². The zero-order valence-corrected chi connectivity index (χ0v) is 14.5. The standard InChI is InChI=1S/C14H23N5O3S/c1-11-16-6-12(7-17-11)8-18-4-5-19(23(3,21)22)10-13(9-18)14(20)15-2/h6-7,13H,4-5,8-10H2,1-3H3,(H,15,20). The van der Waals surface area contributed by atoms with Crippen LogP contribution < -0.4 is 5.32 Å². The summed E-state index contributed by atoms with van der Waals surface area (Å²) in [5.74, 6) is 0.158. The Bertz CT molecular complexity index is 647. The van der Waals surface area contributed by atoms with Gasteiger partial charge in [-0.3, -0.25) is 9.69 Å². The van der Waals surface area contributed by atoms with Crippen LogP contribution in [0.3, 0.4) is 0 Å². The number of sulfonamides is 1. The lowest BCUT2D eigenvalue weighted by molar-refractivity contribution is -0.125. The van der Waals surface area contributed by atoms with Crippen LogP contribution in [-0.4, -0.2) is 73.0 Å². The van der Waals surface area contributed by atoms with Gasteiger partial charge in [0.15, 0.2) is 0 Å². The first-order chi connectivity index (χ1) is 10.8. The van der Waals surface area contributed by atoms with Gasteiger partial charge in [0.25, 0.3) is 0 Å². The first-order valence-electron chi connectivity index (χ1n) is 7.46. The molecule has 1 N–H and O–H groups in total. The molecular weight excluding hydrogens is 318 g/mol. The van der Waals surface area contributed by atoms with E-state index in [1.54, 1.807) is 19.4 Å². The second-order valence-electron chi connectivity index (χ2n) is 5.81. The van der Waals surface area contributed by atoms with Crippen molar-refractivity contribution in [3.63, 3.8) is 0 Å². The zero-order valence-electron chi connectivity index (χ0n) is 13.7. The average molecular weight is 341 g/mol. The highest BCUT2D eigenvalue weighted by Crippen LogP contribution is 2.15. The molecule has 1 amide bonds. The summed E-state index contributed by atoms with van der Waals surface area (Å²) in [6.07, 6.45) is 4.70. The lowest BCUT2D eigenvalue weighted by atomic mass is 10.1. The van der Waals surface area contributed by atoms with Crippen molar-refractivity contribution >= 4 is 15.9 Å². The third-order valence-corrected chi connectivity index (χ3v) is 5.16. The number of carbonyl (C=O) groups excluding carboxylic acids is 1. The fourth-order valence-electron chi connectivity index (χ4n) is 2.62. The normalized spacial score (nSPS) is 20.9. The summed E-state index contributed by atoms with van der Waals surface area (Å²) in [6, 6.07) is 0. The molecule has 1 aliphatic heterocycles. The second kappa shape index (κ2) is 7.33. The molecule has 9 heteroatoms. The first kappa shape index (κ1) is 17.8. The Morgan fingerprint density at radius 2 is 1.96 bits per heavy atom. The minimum absolute atomic E-state index is 0.147. The van der Waals surface area contributed by atoms with Gasteiger partial charge in [0.05, 0.1) is 12.2 Å². The van der Waals surface area contributed by atoms with Gasteiger partial charge in [-0.2, -0.15) is 0 Å². The van der Waals surface area contributed by atoms with Gasteiger partial charge in [0, 0.05) is 57.7 Å². The molecule has 1 aliphatic rings. The van der Waals surface area contributed by atoms with E-state index < -0.39 is 15.9 Å². The van der Waals surface area contributed by atoms with E-state index in [2.05, 4.69) is 20.2 Å². The maximum Gasteiger partial charge on any atom is 0.225 e. The molecule has 1 atom stereocenters. The summed E-state index contributed by atoms with van der Waals surface area (Å²) < 4.78 is 25.1. The molecular formula is C14H23N5O3S. The highest BCUT2D eigenvalue weighted by atomic mass is 32.2. The van der Waals surface area contributed by atoms with Crippen molar-refractivity contribution in [1.82, 2.24) is 24.5 Å². The van der Waals surface area contributed by atoms with Crippen LogP contribution in [0, 0.1) is 12.8 Å². The van der Waals surface area contributed by atoms with E-state index in [1.165, 1.54) is 10.6 Å². The molecule has 1 fully saturated rings. The van der Waals surface area contributed by atoms with Crippen molar-refractivity contribution in [2.24, 2.45) is 5.92 Å². The number of hydrogen-bond donors (Lipinski definition) is 1. The van der Waals surface area contributed by atoms with E-state index in [4.69, 9.17) is 0 Å². The lowest BCUT2D eigenvalue weighted by Crippen LogP contribution is -2.41. The van der Waals surface area contributed by atoms with Gasteiger partial charge in [0.2, 0.25) is 15.9 Å². The Morgan fingerprint density at radius 3 is 2.52 bits per heavy atom. The molecule has 0 radical (unpaired) electrons. The van der Waals surface area contributed by atoms with E-state index >= 15 is 0 Å². The average Bonchev–Trinajstić information content (AvgIpc) is 2.71. The molecule has 1 unspecified atom stereocenters. The molecule has 1 saturated heterocycles. The SMILES string of the molecule is CNC(=O)C1CN(Cc2cnc(C)nc2)CCN(S(C)(=O)=O)C1. The summed E-state index contributed by atoms with van der Waals surface area (Å²) in [5.41, 5.74) is 0.944. The minimum atomic E-state index is -3.32. The highest BCUT2D eigenvalue weighted by molar-refractivity contribution is 7.88. The number of nitrogens with zero attached hydrogens (tertiary/aromatic N) is 4. The van der Waals surface area contributed by atoms with E-state index in [-0.39, 0.29) is 12.5 Å². The fraction of sp³-hybridized carbons (Fsp3) is 0.643. The molecule has 0 bridgehead atoms. The van der Waals surface area contributed by atoms with Gasteiger partial charge < -0.3 is 5.32 Å². The number of aryl methyl sites for hydroxylation is 1. The van der Waals surface area contributed by atoms with Gasteiger partial charge in [-0.25, -0.2) is 22.7 Å². The Labute approximate surface area is 137 Å². The van der Waals surface area contributed by atoms with Gasteiger partial charge in [-0.1, -0.05) is 0 Å². The Morgan fingerprint density at radius 1 is 1.30 bits per heavy atom. The Hall–Kier alpha value is -1.58. The number of carbonyl (C=O) groups is 1. The molecule has 0 spiro atoms. The minimum Gasteiger partial charge on any atom is -0.359 e. The van der Waals surface area contributed by atoms with E-state index in [0.717, 1.165) is 5.56 Å². The van der Waals surface area contributed by atoms with Crippen LogP contribution in [0.5, 0.6) is 0 Å². The van der Waals surface area contributed by atoms with Crippen molar-refractivity contribution in [3.8, 4) is 0 Å². The summed E-state index contributed by atoms with van der Waals surface area (Å²) in [6.45, 7) is 4.05. The molecule has 1 aromatic heterocycles. The smallest absolute Gasteiger partial charge is 0.225 e. The lowest BCUT2D eigenvalue weighted by Gasteiger charge is -2.22. The summed E-state index contributed by atoms with van der Waals surface area (Å²) in [4.78, 5) is 22.5. The monoisotopic (exact) mass is 341 g/mol.